The van der Waals surface area contributed by atoms with Gasteiger partial charge >= 0.3 is 0 Å². The molecule has 6 nitrogen and oxygen atoms in total. The number of nitrogens with zero attached hydrogens (tertiary/aromatic N) is 3. The summed E-state index contributed by atoms with van der Waals surface area (Å²) in [5.41, 5.74) is 0.921. The van der Waals surface area contributed by atoms with Gasteiger partial charge in [-0.2, -0.15) is 5.10 Å². The molecule has 19 heavy (non-hydrogen) atoms. The highest BCUT2D eigenvalue weighted by Crippen LogP contribution is 2.28. The highest BCUT2D eigenvalue weighted by molar-refractivity contribution is 7.20. The van der Waals surface area contributed by atoms with Gasteiger partial charge in [0.05, 0.1) is 17.1 Å². The van der Waals surface area contributed by atoms with E-state index in [0.717, 1.165) is 15.9 Å². The minimum Gasteiger partial charge on any atom is -0.353 e. The van der Waals surface area contributed by atoms with Crippen LogP contribution in [-0.2, 0) is 11.8 Å². The maximum absolute atomic E-state index is 12.4. The van der Waals surface area contributed by atoms with Crippen LogP contribution in [0.15, 0.2) is 6.07 Å². The van der Waals surface area contributed by atoms with Crippen molar-refractivity contribution in [2.24, 2.45) is 7.05 Å². The molecule has 2 amide bonds. The van der Waals surface area contributed by atoms with Crippen molar-refractivity contribution < 1.29 is 9.59 Å². The number of aryl methyl sites for hydroxylation is 2. The van der Waals surface area contributed by atoms with Gasteiger partial charge in [0.15, 0.2) is 0 Å². The van der Waals surface area contributed by atoms with Gasteiger partial charge in [-0.1, -0.05) is 0 Å². The van der Waals surface area contributed by atoms with Gasteiger partial charge in [0.2, 0.25) is 5.91 Å². The van der Waals surface area contributed by atoms with E-state index in [-0.39, 0.29) is 18.4 Å². The van der Waals surface area contributed by atoms with Gasteiger partial charge in [0, 0.05) is 25.5 Å². The van der Waals surface area contributed by atoms with Crippen molar-refractivity contribution in [1.29, 1.82) is 0 Å². The second-order valence-electron chi connectivity index (χ2n) is 4.62. The van der Waals surface area contributed by atoms with Crippen molar-refractivity contribution in [1.82, 2.24) is 20.0 Å². The Labute approximate surface area is 114 Å². The van der Waals surface area contributed by atoms with Crippen LogP contribution in [0.4, 0.5) is 0 Å². The summed E-state index contributed by atoms with van der Waals surface area (Å²) in [7, 11) is 1.87. The predicted molar refractivity (Wildman–Crippen MR) is 72.2 cm³/mol. The Bertz CT molecular complexity index is 638. The van der Waals surface area contributed by atoms with Crippen molar-refractivity contribution in [2.75, 3.05) is 19.6 Å². The molecule has 2 aromatic rings. The molecule has 3 heterocycles. The van der Waals surface area contributed by atoms with Crippen LogP contribution in [0, 0.1) is 6.92 Å². The Morgan fingerprint density at radius 3 is 3.00 bits per heavy atom. The van der Waals surface area contributed by atoms with Gasteiger partial charge in [0.25, 0.3) is 5.91 Å². The van der Waals surface area contributed by atoms with E-state index < -0.39 is 0 Å². The maximum atomic E-state index is 12.4. The monoisotopic (exact) mass is 278 g/mol. The topological polar surface area (TPSA) is 67.2 Å². The van der Waals surface area contributed by atoms with Crippen LogP contribution in [0.1, 0.15) is 15.4 Å². The lowest BCUT2D eigenvalue weighted by molar-refractivity contribution is -0.123. The van der Waals surface area contributed by atoms with Gasteiger partial charge in [0.1, 0.15) is 4.83 Å². The van der Waals surface area contributed by atoms with Crippen LogP contribution in [0.5, 0.6) is 0 Å². The second-order valence-corrected chi connectivity index (χ2v) is 5.65. The molecule has 1 aliphatic rings. The molecule has 0 aromatic carbocycles. The Morgan fingerprint density at radius 2 is 2.32 bits per heavy atom. The molecule has 3 rings (SSSR count). The first-order valence-electron chi connectivity index (χ1n) is 6.05. The minimum atomic E-state index is -0.0986. The highest BCUT2D eigenvalue weighted by Gasteiger charge is 2.24. The van der Waals surface area contributed by atoms with Gasteiger partial charge in [-0.15, -0.1) is 11.3 Å². The fourth-order valence-corrected chi connectivity index (χ4v) is 3.37. The van der Waals surface area contributed by atoms with Gasteiger partial charge in [-0.25, -0.2) is 0 Å². The Morgan fingerprint density at radius 1 is 1.53 bits per heavy atom. The average molecular weight is 278 g/mol. The standard InChI is InChI=1S/C12H14N4O2S/c1-7-8-5-9(19-12(8)15(2)14-7)11(18)16-4-3-13-10(17)6-16/h5H,3-4,6H2,1-2H3,(H,13,17). The summed E-state index contributed by atoms with van der Waals surface area (Å²) < 4.78 is 1.79. The Hall–Kier alpha value is -1.89. The molecule has 0 bridgehead atoms. The van der Waals surface area contributed by atoms with Crippen LogP contribution in [0.25, 0.3) is 10.2 Å². The van der Waals surface area contributed by atoms with E-state index >= 15 is 0 Å². The Kier molecular flexibility index (Phi) is 2.78. The summed E-state index contributed by atoms with van der Waals surface area (Å²) in [5, 5.41) is 8.04. The van der Waals surface area contributed by atoms with E-state index in [0.29, 0.717) is 18.0 Å². The van der Waals surface area contributed by atoms with E-state index in [2.05, 4.69) is 10.4 Å². The molecule has 0 aliphatic carbocycles. The molecule has 2 aromatic heterocycles. The van der Waals surface area contributed by atoms with Gasteiger partial charge in [-0.05, 0) is 13.0 Å². The number of hydrogen-bond donors (Lipinski definition) is 1. The summed E-state index contributed by atoms with van der Waals surface area (Å²) in [6, 6.07) is 1.87. The smallest absolute Gasteiger partial charge is 0.264 e. The summed E-state index contributed by atoms with van der Waals surface area (Å²) in [5.74, 6) is -0.172. The number of piperazine rings is 1. The number of carbonyl (C=O) groups is 2. The molecule has 0 spiro atoms. The summed E-state index contributed by atoms with van der Waals surface area (Å²) >= 11 is 1.43. The molecule has 1 aliphatic heterocycles. The SMILES string of the molecule is Cc1nn(C)c2sc(C(=O)N3CCNC(=O)C3)cc12. The molecular weight excluding hydrogens is 264 g/mol. The number of hydrogen-bond acceptors (Lipinski definition) is 4. The average Bonchev–Trinajstić information content (AvgIpc) is 2.92. The van der Waals surface area contributed by atoms with Crippen molar-refractivity contribution in [3.63, 3.8) is 0 Å². The largest absolute Gasteiger partial charge is 0.353 e. The van der Waals surface area contributed by atoms with E-state index in [1.165, 1.54) is 11.3 Å². The van der Waals surface area contributed by atoms with Crippen LogP contribution in [-0.4, -0.2) is 46.1 Å². The first-order chi connectivity index (χ1) is 9.06. The van der Waals surface area contributed by atoms with Crippen LogP contribution in [0.3, 0.4) is 0 Å². The van der Waals surface area contributed by atoms with Gasteiger partial charge in [-0.3, -0.25) is 14.3 Å². The van der Waals surface area contributed by atoms with Gasteiger partial charge < -0.3 is 10.2 Å². The fraction of sp³-hybridized carbons (Fsp3) is 0.417. The number of carbonyl (C=O) groups excluding carboxylic acids is 2. The zero-order chi connectivity index (χ0) is 13.6. The molecule has 7 heteroatoms. The zero-order valence-corrected chi connectivity index (χ0v) is 11.6. The van der Waals surface area contributed by atoms with E-state index in [1.807, 2.05) is 20.0 Å². The van der Waals surface area contributed by atoms with Crippen LogP contribution >= 0.6 is 11.3 Å². The highest BCUT2D eigenvalue weighted by atomic mass is 32.1. The number of rotatable bonds is 1. The predicted octanol–water partition coefficient (Wildman–Crippen LogP) is 0.515. The number of fused-ring (bicyclic) bond motifs is 1. The third-order valence-electron chi connectivity index (χ3n) is 3.23. The van der Waals surface area contributed by atoms with Crippen LogP contribution < -0.4 is 5.32 Å². The third-order valence-corrected chi connectivity index (χ3v) is 4.42. The number of thiophene rings is 1. The molecule has 1 fully saturated rings. The summed E-state index contributed by atoms with van der Waals surface area (Å²) in [6.45, 7) is 3.16. The van der Waals surface area contributed by atoms with E-state index in [9.17, 15) is 9.59 Å². The molecule has 0 unspecified atom stereocenters. The maximum Gasteiger partial charge on any atom is 0.264 e. The normalized spacial score (nSPS) is 15.9. The van der Waals surface area contributed by atoms with E-state index in [4.69, 9.17) is 0 Å². The molecule has 1 saturated heterocycles. The Balaban J connectivity index is 1.93. The lowest BCUT2D eigenvalue weighted by Gasteiger charge is -2.26. The second kappa shape index (κ2) is 4.34. The molecule has 100 valence electrons. The number of nitrogens with one attached hydrogen (secondary N) is 1. The molecular formula is C12H14N4O2S. The number of amides is 2. The fourth-order valence-electron chi connectivity index (χ4n) is 2.28. The van der Waals surface area contributed by atoms with Crippen molar-refractivity contribution in [2.45, 2.75) is 6.92 Å². The number of aromatic nitrogens is 2. The van der Waals surface area contributed by atoms with Crippen molar-refractivity contribution in [3.05, 3.63) is 16.6 Å². The quantitative estimate of drug-likeness (QED) is 0.826. The molecule has 0 saturated carbocycles. The minimum absolute atomic E-state index is 0.0737. The first-order valence-corrected chi connectivity index (χ1v) is 6.87. The molecule has 0 atom stereocenters. The zero-order valence-electron chi connectivity index (χ0n) is 10.8. The molecule has 0 radical (unpaired) electrons. The van der Waals surface area contributed by atoms with Crippen LogP contribution in [0.2, 0.25) is 0 Å². The van der Waals surface area contributed by atoms with Crippen molar-refractivity contribution >= 4 is 33.4 Å². The summed E-state index contributed by atoms with van der Waals surface area (Å²) in [6.07, 6.45) is 0. The third kappa shape index (κ3) is 1.99. The summed E-state index contributed by atoms with van der Waals surface area (Å²) in [4.78, 5) is 26.9. The van der Waals surface area contributed by atoms with Crippen molar-refractivity contribution in [3.8, 4) is 0 Å². The lowest BCUT2D eigenvalue weighted by atomic mass is 10.2. The molecule has 1 N–H and O–H groups in total. The lowest BCUT2D eigenvalue weighted by Crippen LogP contribution is -2.49. The van der Waals surface area contributed by atoms with E-state index in [1.54, 1.807) is 9.58 Å². The first kappa shape index (κ1) is 12.2.